The van der Waals surface area contributed by atoms with E-state index < -0.39 is 18.5 Å². The van der Waals surface area contributed by atoms with Gasteiger partial charge in [-0.25, -0.2) is 0 Å². The highest BCUT2D eigenvalue weighted by atomic mass is 32.2. The van der Waals surface area contributed by atoms with Gasteiger partial charge in [-0.3, -0.25) is 4.90 Å². The fourth-order valence-electron chi connectivity index (χ4n) is 9.09. The van der Waals surface area contributed by atoms with Crippen molar-refractivity contribution >= 4 is 11.8 Å². The van der Waals surface area contributed by atoms with Crippen LogP contribution in [-0.4, -0.2) is 64.0 Å². The van der Waals surface area contributed by atoms with Gasteiger partial charge in [-0.05, 0) is 136 Å². The summed E-state index contributed by atoms with van der Waals surface area (Å²) in [5.74, 6) is -1.30. The molecule has 4 aliphatic rings. The first kappa shape index (κ1) is 32.3. The van der Waals surface area contributed by atoms with E-state index in [0.717, 1.165) is 102 Å². The van der Waals surface area contributed by atoms with E-state index >= 15 is 0 Å². The van der Waals surface area contributed by atoms with Crippen molar-refractivity contribution in [1.82, 2.24) is 4.90 Å². The van der Waals surface area contributed by atoms with Crippen LogP contribution in [0.15, 0.2) is 18.2 Å². The van der Waals surface area contributed by atoms with Crippen LogP contribution in [0.25, 0.3) is 0 Å². The second kappa shape index (κ2) is 13.5. The lowest BCUT2D eigenvalue weighted by atomic mass is 9.53. The summed E-state index contributed by atoms with van der Waals surface area (Å²) < 4.78 is 63.2. The maximum absolute atomic E-state index is 13.1. The number of fused-ring (bicyclic) bond motifs is 5. The van der Waals surface area contributed by atoms with Crippen LogP contribution >= 0.6 is 11.8 Å². The van der Waals surface area contributed by atoms with E-state index in [-0.39, 0.29) is 17.9 Å². The number of aromatic hydroxyl groups is 1. The van der Waals surface area contributed by atoms with Crippen molar-refractivity contribution in [2.45, 2.75) is 126 Å². The van der Waals surface area contributed by atoms with Gasteiger partial charge in [-0.2, -0.15) is 33.7 Å². The molecule has 3 fully saturated rings. The minimum Gasteiger partial charge on any atom is -0.508 e. The van der Waals surface area contributed by atoms with Crippen LogP contribution in [-0.2, 0) is 6.42 Å². The third-order valence-corrected chi connectivity index (χ3v) is 12.4. The number of likely N-dealkylation sites (tertiary alicyclic amines) is 1. The smallest absolute Gasteiger partial charge is 0.453 e. The molecule has 6 atom stereocenters. The zero-order chi connectivity index (χ0) is 30.0. The van der Waals surface area contributed by atoms with Crippen LogP contribution in [0.2, 0.25) is 0 Å². The summed E-state index contributed by atoms with van der Waals surface area (Å²) in [6, 6.07) is 6.32. The van der Waals surface area contributed by atoms with Gasteiger partial charge >= 0.3 is 12.1 Å². The molecule has 1 aromatic carbocycles. The Morgan fingerprint density at radius 2 is 1.76 bits per heavy atom. The lowest BCUT2D eigenvalue weighted by Gasteiger charge is -2.52. The summed E-state index contributed by atoms with van der Waals surface area (Å²) in [6.07, 6.45) is 7.48. The Labute approximate surface area is 252 Å². The SMILES string of the molecule is Oc1ccc2c(c1)CC[C@@H]1[C@@H]2CC[C@]2(CCCCCCN3CCC[C@H]3CSCCCC(F)(F)C(F)(F)F)C(O)CC[C@@H]12. The number of nitrogens with zero attached hydrogens (tertiary/aromatic N) is 1. The first-order valence-corrected chi connectivity index (χ1v) is 17.4. The predicted molar refractivity (Wildman–Crippen MR) is 158 cm³/mol. The summed E-state index contributed by atoms with van der Waals surface area (Å²) in [5.41, 5.74) is 2.81. The number of hydrogen-bond donors (Lipinski definition) is 2. The van der Waals surface area contributed by atoms with Crippen molar-refractivity contribution in [3.8, 4) is 5.75 Å². The molecule has 2 N–H and O–H groups in total. The van der Waals surface area contributed by atoms with Gasteiger partial charge in [0.05, 0.1) is 6.10 Å². The standard InChI is InChI=1S/C33H48F5NO2S/c34-32(35,33(36,37)38)16-6-20-42-22-24-7-5-19-39(24)18-4-2-1-3-15-31-17-14-27-26-11-9-25(40)21-23(26)8-10-28(27)29(31)12-13-30(31)41/h9,11,21,24,27-30,40-41H,1-8,10,12-20,22H2/t24-,27+,28+,29-,30?,31-/m0/s1. The molecule has 0 amide bonds. The molecule has 0 spiro atoms. The average Bonchev–Trinajstić information content (AvgIpc) is 3.53. The van der Waals surface area contributed by atoms with E-state index in [9.17, 15) is 32.2 Å². The quantitative estimate of drug-likeness (QED) is 0.172. The Bertz CT molecular complexity index is 1040. The van der Waals surface area contributed by atoms with Crippen molar-refractivity contribution in [2.24, 2.45) is 17.3 Å². The predicted octanol–water partition coefficient (Wildman–Crippen LogP) is 8.72. The fraction of sp³-hybridized carbons (Fsp3) is 0.818. The molecule has 1 aliphatic heterocycles. The molecular formula is C33H48F5NO2S. The summed E-state index contributed by atoms with van der Waals surface area (Å²) in [6.45, 7) is 2.06. The second-order valence-corrected chi connectivity index (χ2v) is 14.7. The second-order valence-electron chi connectivity index (χ2n) is 13.5. The van der Waals surface area contributed by atoms with Crippen molar-refractivity contribution in [3.63, 3.8) is 0 Å². The molecule has 238 valence electrons. The number of rotatable bonds is 13. The first-order valence-electron chi connectivity index (χ1n) is 16.3. The zero-order valence-corrected chi connectivity index (χ0v) is 25.5. The maximum atomic E-state index is 13.1. The maximum Gasteiger partial charge on any atom is 0.453 e. The van der Waals surface area contributed by atoms with Crippen LogP contribution in [0.1, 0.15) is 107 Å². The van der Waals surface area contributed by atoms with Gasteiger partial charge in [-0.15, -0.1) is 0 Å². The summed E-state index contributed by atoms with van der Waals surface area (Å²) in [5, 5.41) is 21.2. The minimum absolute atomic E-state index is 0.0664. The van der Waals surface area contributed by atoms with Gasteiger partial charge in [0.1, 0.15) is 5.75 Å². The van der Waals surface area contributed by atoms with Gasteiger partial charge in [0, 0.05) is 18.2 Å². The zero-order valence-electron chi connectivity index (χ0n) is 24.7. The molecule has 1 aromatic rings. The average molecular weight is 618 g/mol. The van der Waals surface area contributed by atoms with Gasteiger partial charge in [-0.1, -0.05) is 25.3 Å². The number of hydrogen-bond acceptors (Lipinski definition) is 4. The topological polar surface area (TPSA) is 43.7 Å². The summed E-state index contributed by atoms with van der Waals surface area (Å²) >= 11 is 1.50. The summed E-state index contributed by atoms with van der Waals surface area (Å²) in [7, 11) is 0. The number of phenols is 1. The molecule has 0 radical (unpaired) electrons. The van der Waals surface area contributed by atoms with E-state index in [1.807, 2.05) is 12.1 Å². The minimum atomic E-state index is -5.45. The number of phenolic OH excluding ortho intramolecular Hbond substituents is 1. The number of aliphatic hydroxyl groups is 1. The molecule has 42 heavy (non-hydrogen) atoms. The lowest BCUT2D eigenvalue weighted by Crippen LogP contribution is -2.45. The molecule has 3 aliphatic carbocycles. The van der Waals surface area contributed by atoms with E-state index in [1.165, 1.54) is 22.9 Å². The van der Waals surface area contributed by atoms with Crippen molar-refractivity contribution in [2.75, 3.05) is 24.6 Å². The van der Waals surface area contributed by atoms with E-state index in [2.05, 4.69) is 11.0 Å². The molecule has 3 nitrogen and oxygen atoms in total. The Morgan fingerprint density at radius 1 is 0.952 bits per heavy atom. The van der Waals surface area contributed by atoms with Crippen LogP contribution in [0.3, 0.4) is 0 Å². The Balaban J connectivity index is 1.01. The molecular weight excluding hydrogens is 569 g/mol. The van der Waals surface area contributed by atoms with Crippen molar-refractivity contribution in [3.05, 3.63) is 29.3 Å². The number of aliphatic hydroxyl groups excluding tert-OH is 1. The molecule has 5 rings (SSSR count). The fourth-order valence-corrected chi connectivity index (χ4v) is 10.3. The van der Waals surface area contributed by atoms with Gasteiger partial charge in [0.25, 0.3) is 0 Å². The van der Waals surface area contributed by atoms with Crippen LogP contribution in [0, 0.1) is 17.3 Å². The van der Waals surface area contributed by atoms with Gasteiger partial charge < -0.3 is 10.2 Å². The Morgan fingerprint density at radius 3 is 2.57 bits per heavy atom. The highest BCUT2D eigenvalue weighted by Crippen LogP contribution is 2.63. The number of aryl methyl sites for hydroxylation is 1. The molecule has 0 bridgehead atoms. The third kappa shape index (κ3) is 6.93. The molecule has 1 unspecified atom stereocenters. The normalized spacial score (nSPS) is 31.6. The first-order chi connectivity index (χ1) is 20.0. The lowest BCUT2D eigenvalue weighted by molar-refractivity contribution is -0.284. The molecule has 9 heteroatoms. The highest BCUT2D eigenvalue weighted by Gasteiger charge is 2.57. The molecule has 1 saturated heterocycles. The van der Waals surface area contributed by atoms with Crippen LogP contribution < -0.4 is 0 Å². The monoisotopic (exact) mass is 617 g/mol. The number of alkyl halides is 5. The van der Waals surface area contributed by atoms with Crippen LogP contribution in [0.4, 0.5) is 22.0 Å². The van der Waals surface area contributed by atoms with Gasteiger partial charge in [0.15, 0.2) is 0 Å². The molecule has 2 saturated carbocycles. The van der Waals surface area contributed by atoms with Crippen LogP contribution in [0.5, 0.6) is 5.75 Å². The van der Waals surface area contributed by atoms with Crippen molar-refractivity contribution in [1.29, 1.82) is 0 Å². The Kier molecular flexibility index (Phi) is 10.4. The Hall–Kier alpha value is -1.06. The van der Waals surface area contributed by atoms with E-state index in [4.69, 9.17) is 0 Å². The molecule has 0 aromatic heterocycles. The van der Waals surface area contributed by atoms with E-state index in [1.54, 1.807) is 0 Å². The number of halogens is 5. The van der Waals surface area contributed by atoms with Crippen molar-refractivity contribution < 1.29 is 32.2 Å². The largest absolute Gasteiger partial charge is 0.508 e. The third-order valence-electron chi connectivity index (χ3n) is 11.2. The number of unbranched alkanes of at least 4 members (excludes halogenated alkanes) is 3. The highest BCUT2D eigenvalue weighted by molar-refractivity contribution is 7.99. The summed E-state index contributed by atoms with van der Waals surface area (Å²) in [4.78, 5) is 2.48. The number of thioether (sulfide) groups is 1. The number of benzene rings is 1. The van der Waals surface area contributed by atoms with E-state index in [0.29, 0.717) is 35.3 Å². The van der Waals surface area contributed by atoms with Gasteiger partial charge in [0.2, 0.25) is 0 Å². The molecule has 1 heterocycles.